The van der Waals surface area contributed by atoms with Crippen molar-refractivity contribution >= 4 is 11.9 Å². The lowest BCUT2D eigenvalue weighted by Gasteiger charge is -2.30. The Morgan fingerprint density at radius 2 is 1.28 bits per heavy atom. The molecule has 0 aromatic heterocycles. The maximum atomic E-state index is 13.1. The molecule has 2 atom stereocenters. The standard InChI is InChI=1S/C13H14F8O4/c1-11(2,3)25-7(23)5-4-6(22)24-10(17)13(20,21)12(18,19)8(14)9(15)16/h4-5,8-10H,1-3H3. The van der Waals surface area contributed by atoms with Gasteiger partial charge in [0.25, 0.3) is 6.43 Å². The molecule has 0 radical (unpaired) electrons. The molecule has 25 heavy (non-hydrogen) atoms. The molecule has 12 heteroatoms. The van der Waals surface area contributed by atoms with E-state index in [4.69, 9.17) is 0 Å². The van der Waals surface area contributed by atoms with Crippen LogP contribution >= 0.6 is 0 Å². The van der Waals surface area contributed by atoms with Crippen LogP contribution in [-0.4, -0.2) is 48.3 Å². The van der Waals surface area contributed by atoms with Crippen molar-refractivity contribution in [3.8, 4) is 0 Å². The van der Waals surface area contributed by atoms with Crippen LogP contribution in [0.1, 0.15) is 20.8 Å². The Morgan fingerprint density at radius 3 is 1.68 bits per heavy atom. The zero-order valence-electron chi connectivity index (χ0n) is 13.0. The average Bonchev–Trinajstić information content (AvgIpc) is 2.41. The van der Waals surface area contributed by atoms with Crippen LogP contribution in [0.3, 0.4) is 0 Å². The van der Waals surface area contributed by atoms with Gasteiger partial charge in [0.05, 0.1) is 0 Å². The van der Waals surface area contributed by atoms with E-state index in [-0.39, 0.29) is 6.08 Å². The largest absolute Gasteiger partial charge is 0.457 e. The Balaban J connectivity index is 4.99. The van der Waals surface area contributed by atoms with Crippen LogP contribution < -0.4 is 0 Å². The zero-order valence-corrected chi connectivity index (χ0v) is 13.0. The van der Waals surface area contributed by atoms with Crippen molar-refractivity contribution in [1.29, 1.82) is 0 Å². The summed E-state index contributed by atoms with van der Waals surface area (Å²) in [6.45, 7) is 4.31. The fourth-order valence-electron chi connectivity index (χ4n) is 1.18. The van der Waals surface area contributed by atoms with Crippen molar-refractivity contribution in [2.24, 2.45) is 0 Å². The number of hydrogen-bond donors (Lipinski definition) is 0. The van der Waals surface area contributed by atoms with E-state index in [0.717, 1.165) is 0 Å². The summed E-state index contributed by atoms with van der Waals surface area (Å²) in [5.74, 6) is -15.4. The summed E-state index contributed by atoms with van der Waals surface area (Å²) in [7, 11) is 0. The van der Waals surface area contributed by atoms with Crippen LogP contribution in [0.15, 0.2) is 12.2 Å². The molecule has 0 aromatic carbocycles. The fraction of sp³-hybridized carbons (Fsp3) is 0.692. The number of esters is 2. The molecule has 0 heterocycles. The van der Waals surface area contributed by atoms with Crippen molar-refractivity contribution in [1.82, 2.24) is 0 Å². The minimum absolute atomic E-state index is 0.0783. The second-order valence-electron chi connectivity index (χ2n) is 5.60. The highest BCUT2D eigenvalue weighted by atomic mass is 19.3. The number of ether oxygens (including phenoxy) is 2. The van der Waals surface area contributed by atoms with E-state index in [1.807, 2.05) is 0 Å². The van der Waals surface area contributed by atoms with Crippen molar-refractivity contribution in [2.45, 2.75) is 57.2 Å². The van der Waals surface area contributed by atoms with Crippen LogP contribution in [0.25, 0.3) is 0 Å². The first-order valence-electron chi connectivity index (χ1n) is 6.46. The summed E-state index contributed by atoms with van der Waals surface area (Å²) < 4.78 is 109. The van der Waals surface area contributed by atoms with Gasteiger partial charge in [-0.05, 0) is 20.8 Å². The fourth-order valence-corrected chi connectivity index (χ4v) is 1.18. The topological polar surface area (TPSA) is 52.6 Å². The summed E-state index contributed by atoms with van der Waals surface area (Å²) >= 11 is 0. The Hall–Kier alpha value is -1.88. The number of carbonyl (C=O) groups is 2. The SMILES string of the molecule is CC(C)(C)OC(=O)C=CC(=O)OC(F)C(F)(F)C(F)(F)C(F)C(F)F. The maximum Gasteiger partial charge on any atom is 0.378 e. The summed E-state index contributed by atoms with van der Waals surface area (Å²) in [5.41, 5.74) is -0.992. The second-order valence-corrected chi connectivity index (χ2v) is 5.60. The quantitative estimate of drug-likeness (QED) is 0.381. The molecule has 146 valence electrons. The van der Waals surface area contributed by atoms with Crippen molar-refractivity contribution in [3.63, 3.8) is 0 Å². The molecule has 0 fully saturated rings. The monoisotopic (exact) mass is 386 g/mol. The molecule has 0 aliphatic rings. The van der Waals surface area contributed by atoms with Crippen molar-refractivity contribution in [3.05, 3.63) is 12.2 Å². The first kappa shape index (κ1) is 23.1. The molecule has 0 spiro atoms. The molecule has 0 saturated heterocycles. The Labute approximate surface area is 136 Å². The summed E-state index contributed by atoms with van der Waals surface area (Å²) in [4.78, 5) is 22.2. The van der Waals surface area contributed by atoms with E-state index in [1.165, 1.54) is 20.8 Å². The molecule has 0 rings (SSSR count). The first-order chi connectivity index (χ1) is 11.0. The maximum absolute atomic E-state index is 13.1. The molecule has 0 saturated carbocycles. The van der Waals surface area contributed by atoms with E-state index >= 15 is 0 Å². The lowest BCUT2D eigenvalue weighted by atomic mass is 10.1. The molecule has 4 nitrogen and oxygen atoms in total. The molecular formula is C13H14F8O4. The van der Waals surface area contributed by atoms with Gasteiger partial charge in [-0.15, -0.1) is 0 Å². The summed E-state index contributed by atoms with van der Waals surface area (Å²) in [6, 6.07) is 0. The molecule has 0 amide bonds. The number of halogens is 8. The predicted octanol–water partition coefficient (Wildman–Crippen LogP) is 3.60. The van der Waals surface area contributed by atoms with Crippen LogP contribution in [-0.2, 0) is 19.1 Å². The molecule has 2 unspecified atom stereocenters. The van der Waals surface area contributed by atoms with Crippen LogP contribution in [0.2, 0.25) is 0 Å². The number of alkyl halides is 8. The summed E-state index contributed by atoms with van der Waals surface area (Å²) in [5, 5.41) is 0. The third-order valence-electron chi connectivity index (χ3n) is 2.28. The van der Waals surface area contributed by atoms with Gasteiger partial charge in [-0.3, -0.25) is 0 Å². The third kappa shape index (κ3) is 6.50. The van der Waals surface area contributed by atoms with Gasteiger partial charge < -0.3 is 9.47 Å². The van der Waals surface area contributed by atoms with Crippen LogP contribution in [0, 0.1) is 0 Å². The van der Waals surface area contributed by atoms with E-state index in [2.05, 4.69) is 9.47 Å². The molecule has 0 N–H and O–H groups in total. The molecule has 0 bridgehead atoms. The van der Waals surface area contributed by atoms with Crippen molar-refractivity contribution < 1.29 is 54.2 Å². The van der Waals surface area contributed by atoms with E-state index in [0.29, 0.717) is 6.08 Å². The molecule has 0 aliphatic heterocycles. The zero-order chi connectivity index (χ0) is 20.2. The van der Waals surface area contributed by atoms with Crippen LogP contribution in [0.5, 0.6) is 0 Å². The van der Waals surface area contributed by atoms with Crippen LogP contribution in [0.4, 0.5) is 35.1 Å². The minimum atomic E-state index is -6.16. The van der Waals surface area contributed by atoms with E-state index < -0.39 is 48.3 Å². The molecular weight excluding hydrogens is 372 g/mol. The first-order valence-corrected chi connectivity index (χ1v) is 6.46. The van der Waals surface area contributed by atoms with E-state index in [1.54, 1.807) is 0 Å². The number of hydrogen-bond acceptors (Lipinski definition) is 4. The van der Waals surface area contributed by atoms with Gasteiger partial charge in [0, 0.05) is 12.2 Å². The van der Waals surface area contributed by atoms with E-state index in [9.17, 15) is 44.7 Å². The highest BCUT2D eigenvalue weighted by Crippen LogP contribution is 2.44. The van der Waals surface area contributed by atoms with Gasteiger partial charge in [0.1, 0.15) is 5.60 Å². The third-order valence-corrected chi connectivity index (χ3v) is 2.28. The van der Waals surface area contributed by atoms with Gasteiger partial charge in [-0.25, -0.2) is 22.8 Å². The molecule has 0 aliphatic carbocycles. The number of carbonyl (C=O) groups excluding carboxylic acids is 2. The Kier molecular flexibility index (Phi) is 7.40. The highest BCUT2D eigenvalue weighted by molar-refractivity contribution is 5.91. The lowest BCUT2D eigenvalue weighted by molar-refractivity contribution is -0.312. The normalized spacial score (nSPS) is 16.0. The predicted molar refractivity (Wildman–Crippen MR) is 66.8 cm³/mol. The number of rotatable bonds is 7. The summed E-state index contributed by atoms with van der Waals surface area (Å²) in [6.07, 6.45) is -13.3. The van der Waals surface area contributed by atoms with Gasteiger partial charge in [-0.1, -0.05) is 0 Å². The van der Waals surface area contributed by atoms with Gasteiger partial charge in [0.2, 0.25) is 6.17 Å². The molecule has 0 aromatic rings. The van der Waals surface area contributed by atoms with Gasteiger partial charge in [-0.2, -0.15) is 22.0 Å². The minimum Gasteiger partial charge on any atom is -0.457 e. The smallest absolute Gasteiger partial charge is 0.378 e. The lowest BCUT2D eigenvalue weighted by Crippen LogP contribution is -2.56. The van der Waals surface area contributed by atoms with Gasteiger partial charge in [0.15, 0.2) is 0 Å². The Morgan fingerprint density at radius 1 is 0.840 bits per heavy atom. The Bertz CT molecular complexity index is 513. The average molecular weight is 386 g/mol. The second kappa shape index (κ2) is 8.00. The van der Waals surface area contributed by atoms with Gasteiger partial charge >= 0.3 is 30.1 Å². The van der Waals surface area contributed by atoms with Crippen molar-refractivity contribution in [2.75, 3.05) is 0 Å². The highest BCUT2D eigenvalue weighted by Gasteiger charge is 2.70.